The fourth-order valence-electron chi connectivity index (χ4n) is 3.03. The Bertz CT molecular complexity index is 853. The molecule has 24 heavy (non-hydrogen) atoms. The molecule has 0 aromatic carbocycles. The van der Waals surface area contributed by atoms with E-state index in [1.54, 1.807) is 12.5 Å². The molecule has 0 bridgehead atoms. The van der Waals surface area contributed by atoms with Gasteiger partial charge in [0.2, 0.25) is 0 Å². The number of pyridine rings is 1. The molecule has 2 N–H and O–H groups in total. The molecule has 1 aliphatic rings. The number of hydrogen-bond acceptors (Lipinski definition) is 6. The molecule has 1 saturated heterocycles. The van der Waals surface area contributed by atoms with Crippen molar-refractivity contribution >= 4 is 16.7 Å². The molecule has 0 spiro atoms. The lowest BCUT2D eigenvalue weighted by molar-refractivity contribution is 0.193. The summed E-state index contributed by atoms with van der Waals surface area (Å²) in [6.45, 7) is 5.69. The quantitative estimate of drug-likeness (QED) is 0.767. The third-order valence-corrected chi connectivity index (χ3v) is 4.18. The maximum Gasteiger partial charge on any atom is 0.137 e. The number of H-pyrrole nitrogens is 1. The maximum atomic E-state index is 5.47. The smallest absolute Gasteiger partial charge is 0.137 e. The molecule has 7 heteroatoms. The van der Waals surface area contributed by atoms with Gasteiger partial charge in [-0.25, -0.2) is 15.0 Å². The largest absolute Gasteiger partial charge is 0.381 e. The first-order valence-electron chi connectivity index (χ1n) is 8.22. The van der Waals surface area contributed by atoms with Crippen molar-refractivity contribution < 1.29 is 4.74 Å². The van der Waals surface area contributed by atoms with Crippen LogP contribution in [0.25, 0.3) is 22.3 Å². The minimum atomic E-state index is 0.280. The summed E-state index contributed by atoms with van der Waals surface area (Å²) >= 11 is 0. The number of nitrogens with one attached hydrogen (secondary N) is 2. The molecule has 3 aromatic rings. The zero-order chi connectivity index (χ0) is 16.5. The number of fused-ring (bicyclic) bond motifs is 1. The Kier molecular flexibility index (Phi) is 3.86. The molecule has 1 unspecified atom stereocenters. The van der Waals surface area contributed by atoms with Crippen LogP contribution in [0.3, 0.4) is 0 Å². The highest BCUT2D eigenvalue weighted by Crippen LogP contribution is 2.32. The van der Waals surface area contributed by atoms with E-state index in [0.717, 1.165) is 53.4 Å². The van der Waals surface area contributed by atoms with Gasteiger partial charge in [-0.2, -0.15) is 5.10 Å². The van der Waals surface area contributed by atoms with Crippen molar-refractivity contribution in [3.8, 4) is 11.4 Å². The summed E-state index contributed by atoms with van der Waals surface area (Å²) in [6, 6.07) is 4.22. The summed E-state index contributed by atoms with van der Waals surface area (Å²) in [5.74, 6) is 1.15. The second-order valence-corrected chi connectivity index (χ2v) is 6.34. The predicted octanol–water partition coefficient (Wildman–Crippen LogP) is 2.74. The van der Waals surface area contributed by atoms with Crippen LogP contribution >= 0.6 is 0 Å². The van der Waals surface area contributed by atoms with Gasteiger partial charge in [0.1, 0.15) is 17.8 Å². The Labute approximate surface area is 139 Å². The Balaban J connectivity index is 1.80. The second-order valence-electron chi connectivity index (χ2n) is 6.34. The molecule has 1 aliphatic heterocycles. The van der Waals surface area contributed by atoms with Crippen LogP contribution in [-0.4, -0.2) is 44.4 Å². The standard InChI is InChI=1S/C17H20N6O/c1-10(2)21-17-15-12(3-5-18-17)22-23-16(15)14-7-13(19-9-20-14)11-4-6-24-8-11/h3,5,7,9-11H,4,6,8H2,1-2H3,(H,18,21)(H,22,23). The maximum absolute atomic E-state index is 5.47. The van der Waals surface area contributed by atoms with Gasteiger partial charge in [0, 0.05) is 30.5 Å². The molecule has 3 aromatic heterocycles. The lowest BCUT2D eigenvalue weighted by atomic mass is 10.0. The summed E-state index contributed by atoms with van der Waals surface area (Å²) < 4.78 is 5.47. The van der Waals surface area contributed by atoms with E-state index < -0.39 is 0 Å². The molecule has 1 fully saturated rings. The third kappa shape index (κ3) is 2.71. The second kappa shape index (κ2) is 6.16. The summed E-state index contributed by atoms with van der Waals surface area (Å²) in [7, 11) is 0. The van der Waals surface area contributed by atoms with Gasteiger partial charge >= 0.3 is 0 Å². The highest BCUT2D eigenvalue weighted by Gasteiger charge is 2.21. The van der Waals surface area contributed by atoms with Crippen LogP contribution in [0, 0.1) is 0 Å². The highest BCUT2D eigenvalue weighted by atomic mass is 16.5. The zero-order valence-corrected chi connectivity index (χ0v) is 13.8. The normalized spacial score (nSPS) is 17.7. The number of aromatic amines is 1. The van der Waals surface area contributed by atoms with E-state index >= 15 is 0 Å². The van der Waals surface area contributed by atoms with Gasteiger partial charge in [-0.15, -0.1) is 0 Å². The molecule has 1 atom stereocenters. The molecule has 0 amide bonds. The Morgan fingerprint density at radius 1 is 1.29 bits per heavy atom. The van der Waals surface area contributed by atoms with E-state index in [1.165, 1.54) is 0 Å². The zero-order valence-electron chi connectivity index (χ0n) is 13.8. The molecule has 124 valence electrons. The van der Waals surface area contributed by atoms with E-state index in [-0.39, 0.29) is 6.04 Å². The highest BCUT2D eigenvalue weighted by molar-refractivity contribution is 5.99. The molecule has 0 aliphatic carbocycles. The Hall–Kier alpha value is -2.54. The van der Waals surface area contributed by atoms with Gasteiger partial charge in [-0.3, -0.25) is 5.10 Å². The fraction of sp³-hybridized carbons (Fsp3) is 0.412. The van der Waals surface area contributed by atoms with Gasteiger partial charge in [-0.1, -0.05) is 0 Å². The van der Waals surface area contributed by atoms with Crippen LogP contribution in [0.2, 0.25) is 0 Å². The van der Waals surface area contributed by atoms with Crippen molar-refractivity contribution in [2.75, 3.05) is 18.5 Å². The molecule has 4 heterocycles. The van der Waals surface area contributed by atoms with E-state index in [0.29, 0.717) is 5.92 Å². The predicted molar refractivity (Wildman–Crippen MR) is 91.9 cm³/mol. The molecular weight excluding hydrogens is 304 g/mol. The number of hydrogen-bond donors (Lipinski definition) is 2. The first-order valence-corrected chi connectivity index (χ1v) is 8.22. The van der Waals surface area contributed by atoms with E-state index in [9.17, 15) is 0 Å². The van der Waals surface area contributed by atoms with Crippen LogP contribution in [0.4, 0.5) is 5.82 Å². The van der Waals surface area contributed by atoms with Gasteiger partial charge in [0.15, 0.2) is 0 Å². The summed E-state index contributed by atoms with van der Waals surface area (Å²) in [4.78, 5) is 13.3. The van der Waals surface area contributed by atoms with Crippen molar-refractivity contribution in [2.45, 2.75) is 32.2 Å². The van der Waals surface area contributed by atoms with E-state index in [4.69, 9.17) is 4.74 Å². The number of anilines is 1. The first kappa shape index (κ1) is 15.0. The van der Waals surface area contributed by atoms with Gasteiger partial charge in [-0.05, 0) is 32.4 Å². The lowest BCUT2D eigenvalue weighted by Crippen LogP contribution is -2.11. The SMILES string of the molecule is CC(C)Nc1nccc2[nH]nc(-c3cc(C4CCOC4)ncn3)c12. The van der Waals surface area contributed by atoms with Crippen molar-refractivity contribution in [3.05, 3.63) is 30.4 Å². The fourth-order valence-corrected chi connectivity index (χ4v) is 3.03. The van der Waals surface area contributed by atoms with Crippen LogP contribution in [0.15, 0.2) is 24.7 Å². The minimum Gasteiger partial charge on any atom is -0.381 e. The molecule has 7 nitrogen and oxygen atoms in total. The average Bonchev–Trinajstić information content (AvgIpc) is 3.25. The Morgan fingerprint density at radius 2 is 2.21 bits per heavy atom. The number of aromatic nitrogens is 5. The van der Waals surface area contributed by atoms with Gasteiger partial charge in [0.05, 0.1) is 23.2 Å². The first-order chi connectivity index (χ1) is 11.7. The number of nitrogens with zero attached hydrogens (tertiary/aromatic N) is 4. The minimum absolute atomic E-state index is 0.280. The molecule has 0 radical (unpaired) electrons. The van der Waals surface area contributed by atoms with Crippen molar-refractivity contribution in [1.29, 1.82) is 0 Å². The number of ether oxygens (including phenoxy) is 1. The van der Waals surface area contributed by atoms with Gasteiger partial charge < -0.3 is 10.1 Å². The summed E-state index contributed by atoms with van der Waals surface area (Å²) in [5.41, 5.74) is 3.55. The monoisotopic (exact) mass is 324 g/mol. The van der Waals surface area contributed by atoms with Crippen molar-refractivity contribution in [3.63, 3.8) is 0 Å². The summed E-state index contributed by atoms with van der Waals surface area (Å²) in [6.07, 6.45) is 4.38. The third-order valence-electron chi connectivity index (χ3n) is 4.18. The molecule has 0 saturated carbocycles. The van der Waals surface area contributed by atoms with E-state index in [1.807, 2.05) is 12.1 Å². The molecule has 4 rings (SSSR count). The van der Waals surface area contributed by atoms with Crippen LogP contribution in [0.5, 0.6) is 0 Å². The molecular formula is C17H20N6O. The van der Waals surface area contributed by atoms with Crippen molar-refractivity contribution in [1.82, 2.24) is 25.1 Å². The number of rotatable bonds is 4. The average molecular weight is 324 g/mol. The van der Waals surface area contributed by atoms with Crippen LogP contribution in [0.1, 0.15) is 31.9 Å². The van der Waals surface area contributed by atoms with Gasteiger partial charge in [0.25, 0.3) is 0 Å². The summed E-state index contributed by atoms with van der Waals surface area (Å²) in [5, 5.41) is 11.9. The topological polar surface area (TPSA) is 88.6 Å². The Morgan fingerprint density at radius 3 is 3.00 bits per heavy atom. The van der Waals surface area contributed by atoms with E-state index in [2.05, 4.69) is 44.3 Å². The lowest BCUT2D eigenvalue weighted by Gasteiger charge is -2.11. The van der Waals surface area contributed by atoms with Crippen molar-refractivity contribution in [2.24, 2.45) is 0 Å². The van der Waals surface area contributed by atoms with Crippen LogP contribution < -0.4 is 5.32 Å². The van der Waals surface area contributed by atoms with Crippen LogP contribution in [-0.2, 0) is 4.74 Å².